The number of amides is 1. The van der Waals surface area contributed by atoms with E-state index in [0.717, 1.165) is 16.0 Å². The molecule has 10 heteroatoms. The molecule has 0 saturated carbocycles. The highest BCUT2D eigenvalue weighted by atomic mass is 32.2. The van der Waals surface area contributed by atoms with Crippen molar-refractivity contribution in [2.24, 2.45) is 0 Å². The van der Waals surface area contributed by atoms with Gasteiger partial charge in [-0.1, -0.05) is 32.0 Å². The van der Waals surface area contributed by atoms with E-state index in [9.17, 15) is 23.3 Å². The van der Waals surface area contributed by atoms with Crippen LogP contribution in [-0.4, -0.2) is 56.3 Å². The molecule has 0 unspecified atom stereocenters. The molecule has 3 rings (SSSR count). The molecular weight excluding hydrogens is 432 g/mol. The lowest BCUT2D eigenvalue weighted by Gasteiger charge is -2.31. The monoisotopic (exact) mass is 461 g/mol. The number of quaternary nitrogens is 1. The van der Waals surface area contributed by atoms with Crippen molar-refractivity contribution in [1.29, 1.82) is 0 Å². The van der Waals surface area contributed by atoms with Gasteiger partial charge in [-0.15, -0.1) is 0 Å². The number of hydrogen-bond donors (Lipinski definition) is 2. The zero-order valence-corrected chi connectivity index (χ0v) is 19.3. The van der Waals surface area contributed by atoms with E-state index in [2.05, 4.69) is 19.2 Å². The molecule has 0 spiro atoms. The lowest BCUT2D eigenvalue weighted by molar-refractivity contribution is -0.895. The van der Waals surface area contributed by atoms with Crippen LogP contribution in [0.25, 0.3) is 0 Å². The van der Waals surface area contributed by atoms with Crippen LogP contribution in [0.3, 0.4) is 0 Å². The topological polar surface area (TPSA) is 114 Å². The molecule has 2 aromatic rings. The highest BCUT2D eigenvalue weighted by Crippen LogP contribution is 2.22. The zero-order chi connectivity index (χ0) is 23.5. The first-order valence-electron chi connectivity index (χ1n) is 10.6. The molecule has 1 amide bonds. The number of piperazine rings is 1. The summed E-state index contributed by atoms with van der Waals surface area (Å²) in [6.07, 6.45) is 0. The van der Waals surface area contributed by atoms with E-state index in [0.29, 0.717) is 37.8 Å². The third-order valence-electron chi connectivity index (χ3n) is 5.73. The minimum absolute atomic E-state index is 0.0847. The Balaban J connectivity index is 1.57. The van der Waals surface area contributed by atoms with E-state index in [-0.39, 0.29) is 23.0 Å². The summed E-state index contributed by atoms with van der Waals surface area (Å²) in [5, 5.41) is 13.7. The summed E-state index contributed by atoms with van der Waals surface area (Å²) >= 11 is 0. The number of carbonyl (C=O) groups excluding carboxylic acids is 1. The number of non-ortho nitro benzene ring substituents is 1. The van der Waals surface area contributed by atoms with E-state index in [1.807, 2.05) is 12.1 Å². The first-order valence-corrected chi connectivity index (χ1v) is 12.0. The molecule has 172 valence electrons. The molecular formula is C22H29N4O5S+. The summed E-state index contributed by atoms with van der Waals surface area (Å²) in [7, 11) is -3.57. The van der Waals surface area contributed by atoms with Gasteiger partial charge in [0.05, 0.1) is 41.7 Å². The second-order valence-electron chi connectivity index (χ2n) is 8.36. The molecule has 9 nitrogen and oxygen atoms in total. The molecule has 0 aromatic heterocycles. The highest BCUT2D eigenvalue weighted by molar-refractivity contribution is 7.89. The Bertz CT molecular complexity index is 1090. The summed E-state index contributed by atoms with van der Waals surface area (Å²) in [5.74, 6) is 0.0695. The predicted molar refractivity (Wildman–Crippen MR) is 121 cm³/mol. The Morgan fingerprint density at radius 3 is 2.34 bits per heavy atom. The van der Waals surface area contributed by atoms with Crippen LogP contribution in [-0.2, 0) is 14.8 Å². The number of nitrogens with one attached hydrogen (secondary N) is 2. The van der Waals surface area contributed by atoms with E-state index in [1.165, 1.54) is 16.4 Å². The smallest absolute Gasteiger partial charge is 0.279 e. The van der Waals surface area contributed by atoms with Crippen LogP contribution >= 0.6 is 0 Å². The second kappa shape index (κ2) is 9.76. The molecule has 0 bridgehead atoms. The van der Waals surface area contributed by atoms with Crippen molar-refractivity contribution in [3.8, 4) is 0 Å². The molecule has 0 aliphatic carbocycles. The number of rotatable bonds is 7. The Morgan fingerprint density at radius 1 is 1.16 bits per heavy atom. The predicted octanol–water partition coefficient (Wildman–Crippen LogP) is 1.55. The highest BCUT2D eigenvalue weighted by Gasteiger charge is 2.31. The molecule has 0 atom stereocenters. The number of aryl methyl sites for hydroxylation is 1. The molecule has 2 N–H and O–H groups in total. The SMILES string of the molecule is Cc1ccc([N+](=O)[O-])cc1NC(=O)C[NH+]1CCN(S(=O)(=O)c2ccc(C(C)C)cc2)CC1. The lowest BCUT2D eigenvalue weighted by atomic mass is 10.0. The van der Waals surface area contributed by atoms with Crippen molar-refractivity contribution in [1.82, 2.24) is 4.31 Å². The van der Waals surface area contributed by atoms with E-state index in [1.54, 1.807) is 25.1 Å². The van der Waals surface area contributed by atoms with Gasteiger partial charge in [0.2, 0.25) is 10.0 Å². The normalized spacial score (nSPS) is 15.6. The molecule has 32 heavy (non-hydrogen) atoms. The Kier molecular flexibility index (Phi) is 7.27. The standard InChI is InChI=1S/C22H28N4O5S/c1-16(2)18-5-8-20(9-6-18)32(30,31)25-12-10-24(11-13-25)15-22(27)23-21-14-19(26(28)29)7-4-17(21)3/h4-9,14,16H,10-13,15H2,1-3H3,(H,23,27)/p+1. The van der Waals surface area contributed by atoms with Gasteiger partial charge in [-0.2, -0.15) is 4.31 Å². The van der Waals surface area contributed by atoms with E-state index < -0.39 is 14.9 Å². The van der Waals surface area contributed by atoms with Gasteiger partial charge in [0.1, 0.15) is 0 Å². The largest absolute Gasteiger partial charge is 0.325 e. The molecule has 0 radical (unpaired) electrons. The number of nitro groups is 1. The average Bonchev–Trinajstić information content (AvgIpc) is 2.75. The van der Waals surface area contributed by atoms with Gasteiger partial charge in [0, 0.05) is 12.1 Å². The van der Waals surface area contributed by atoms with E-state index >= 15 is 0 Å². The minimum atomic E-state index is -3.57. The minimum Gasteiger partial charge on any atom is -0.325 e. The number of hydrogen-bond acceptors (Lipinski definition) is 5. The average molecular weight is 462 g/mol. The zero-order valence-electron chi connectivity index (χ0n) is 18.5. The van der Waals surface area contributed by atoms with E-state index in [4.69, 9.17) is 0 Å². The van der Waals surface area contributed by atoms with Crippen LogP contribution in [0.4, 0.5) is 11.4 Å². The van der Waals surface area contributed by atoms with Crippen LogP contribution in [0.15, 0.2) is 47.4 Å². The summed E-state index contributed by atoms with van der Waals surface area (Å²) in [6.45, 7) is 7.71. The lowest BCUT2D eigenvalue weighted by Crippen LogP contribution is -3.15. The van der Waals surface area contributed by atoms with Crippen molar-refractivity contribution < 1.29 is 23.0 Å². The molecule has 1 fully saturated rings. The van der Waals surface area contributed by atoms with Crippen LogP contribution < -0.4 is 10.2 Å². The third kappa shape index (κ3) is 5.50. The number of nitro benzene ring substituents is 1. The summed E-state index contributed by atoms with van der Waals surface area (Å²) in [5.41, 5.74) is 2.15. The maximum Gasteiger partial charge on any atom is 0.279 e. The number of benzene rings is 2. The van der Waals surface area contributed by atoms with Gasteiger partial charge in [-0.25, -0.2) is 8.42 Å². The summed E-state index contributed by atoms with van der Waals surface area (Å²) in [6, 6.07) is 11.3. The maximum absolute atomic E-state index is 12.9. The molecule has 1 saturated heterocycles. The number of sulfonamides is 1. The Hall–Kier alpha value is -2.82. The fourth-order valence-electron chi connectivity index (χ4n) is 3.67. The van der Waals surface area contributed by atoms with Gasteiger partial charge in [-0.05, 0) is 36.1 Å². The van der Waals surface area contributed by atoms with Crippen molar-refractivity contribution >= 4 is 27.3 Å². The van der Waals surface area contributed by atoms with Gasteiger partial charge in [-0.3, -0.25) is 14.9 Å². The van der Waals surface area contributed by atoms with Gasteiger partial charge < -0.3 is 10.2 Å². The number of anilines is 1. The van der Waals surface area contributed by atoms with Crippen molar-refractivity contribution in [2.75, 3.05) is 38.0 Å². The molecule has 1 heterocycles. The fourth-order valence-corrected chi connectivity index (χ4v) is 5.11. The first kappa shape index (κ1) is 23.8. The van der Waals surface area contributed by atoms with Gasteiger partial charge >= 0.3 is 0 Å². The maximum atomic E-state index is 12.9. The summed E-state index contributed by atoms with van der Waals surface area (Å²) in [4.78, 5) is 24.2. The fraction of sp³-hybridized carbons (Fsp3) is 0.409. The molecule has 2 aromatic carbocycles. The second-order valence-corrected chi connectivity index (χ2v) is 10.3. The van der Waals surface area contributed by atoms with Gasteiger partial charge in [0.15, 0.2) is 6.54 Å². The number of carbonyl (C=O) groups is 1. The van der Waals surface area contributed by atoms with Crippen LogP contribution in [0.1, 0.15) is 30.9 Å². The van der Waals surface area contributed by atoms with Crippen molar-refractivity contribution in [3.63, 3.8) is 0 Å². The van der Waals surface area contributed by atoms with Crippen LogP contribution in [0.5, 0.6) is 0 Å². The molecule has 1 aliphatic heterocycles. The summed E-state index contributed by atoms with van der Waals surface area (Å²) < 4.78 is 27.4. The first-order chi connectivity index (χ1) is 15.1. The quantitative estimate of drug-likeness (QED) is 0.480. The van der Waals surface area contributed by atoms with Crippen molar-refractivity contribution in [2.45, 2.75) is 31.6 Å². The molecule has 1 aliphatic rings. The van der Waals surface area contributed by atoms with Crippen LogP contribution in [0, 0.1) is 17.0 Å². The van der Waals surface area contributed by atoms with Gasteiger partial charge in [0.25, 0.3) is 11.6 Å². The Labute approximate surface area is 188 Å². The van der Waals surface area contributed by atoms with Crippen LogP contribution in [0.2, 0.25) is 0 Å². The van der Waals surface area contributed by atoms with Crippen molar-refractivity contribution in [3.05, 3.63) is 63.7 Å². The Morgan fingerprint density at radius 2 is 1.78 bits per heavy atom. The third-order valence-corrected chi connectivity index (χ3v) is 7.64. The number of nitrogens with zero attached hydrogens (tertiary/aromatic N) is 2.